The third kappa shape index (κ3) is 4.85. The van der Waals surface area contributed by atoms with Gasteiger partial charge < -0.3 is 0 Å². The van der Waals surface area contributed by atoms with Crippen LogP contribution in [0.3, 0.4) is 0 Å². The van der Waals surface area contributed by atoms with Crippen molar-refractivity contribution in [2.24, 2.45) is 0 Å². The average molecular weight is 393 g/mol. The van der Waals surface area contributed by atoms with Crippen LogP contribution >= 0.6 is 23.2 Å². The molecule has 0 aliphatic carbocycles. The van der Waals surface area contributed by atoms with E-state index in [-0.39, 0.29) is 10.6 Å². The number of hydrazine groups is 1. The minimum absolute atomic E-state index is 0.191. The van der Waals surface area contributed by atoms with Gasteiger partial charge in [-0.3, -0.25) is 9.59 Å². The minimum Gasteiger partial charge on any atom is -0.267 e. The number of nitrogens with one attached hydrogen (secondary N) is 1. The summed E-state index contributed by atoms with van der Waals surface area (Å²) in [7, 11) is 0. The van der Waals surface area contributed by atoms with Crippen molar-refractivity contribution in [1.82, 2.24) is 10.4 Å². The molecule has 0 aromatic heterocycles. The van der Waals surface area contributed by atoms with Crippen LogP contribution in [0.1, 0.15) is 52.6 Å². The van der Waals surface area contributed by atoms with Gasteiger partial charge in [0, 0.05) is 16.1 Å². The molecule has 1 N–H and O–H groups in total. The van der Waals surface area contributed by atoms with Crippen LogP contribution in [0.25, 0.3) is 0 Å². The number of nitrogens with zero attached hydrogens (tertiary/aromatic N) is 1. The molecule has 138 valence electrons. The summed E-state index contributed by atoms with van der Waals surface area (Å²) < 4.78 is 0. The number of halogens is 2. The van der Waals surface area contributed by atoms with E-state index >= 15 is 0 Å². The fourth-order valence-electron chi connectivity index (χ4n) is 2.32. The fourth-order valence-corrected chi connectivity index (χ4v) is 2.81. The maximum absolute atomic E-state index is 13.1. The monoisotopic (exact) mass is 392 g/mol. The number of aryl methyl sites for hydroxylation is 2. The molecule has 0 unspecified atom stereocenters. The van der Waals surface area contributed by atoms with Gasteiger partial charge in [0.2, 0.25) is 0 Å². The van der Waals surface area contributed by atoms with Crippen LogP contribution in [0.2, 0.25) is 10.0 Å². The molecular weight excluding hydrogens is 371 g/mol. The average Bonchev–Trinajstić information content (AvgIpc) is 2.53. The molecule has 0 spiro atoms. The van der Waals surface area contributed by atoms with Crippen molar-refractivity contribution in [3.8, 4) is 0 Å². The molecule has 4 nitrogen and oxygen atoms in total. The Hall–Kier alpha value is -1.88. The number of hydrogen-bond donors (Lipinski definition) is 1. The normalized spacial score (nSPS) is 11.3. The van der Waals surface area contributed by atoms with Gasteiger partial charge in [-0.2, -0.15) is 0 Å². The lowest BCUT2D eigenvalue weighted by Gasteiger charge is -2.30. The zero-order chi connectivity index (χ0) is 19.6. The molecule has 0 saturated carbocycles. The Morgan fingerprint density at radius 2 is 1.58 bits per heavy atom. The minimum atomic E-state index is -0.537. The number of amides is 2. The predicted octanol–water partition coefficient (Wildman–Crippen LogP) is 5.20. The van der Waals surface area contributed by atoms with Gasteiger partial charge in [0.25, 0.3) is 11.8 Å². The number of carbonyl (C=O) groups excluding carboxylic acids is 2. The Labute approximate surface area is 164 Å². The summed E-state index contributed by atoms with van der Waals surface area (Å²) in [6.45, 7) is 9.48. The molecule has 0 bridgehead atoms. The highest BCUT2D eigenvalue weighted by atomic mass is 35.5. The van der Waals surface area contributed by atoms with Gasteiger partial charge in [0.15, 0.2) is 0 Å². The molecule has 2 rings (SSSR count). The molecule has 26 heavy (non-hydrogen) atoms. The van der Waals surface area contributed by atoms with E-state index < -0.39 is 17.4 Å². The highest BCUT2D eigenvalue weighted by Crippen LogP contribution is 2.23. The zero-order valence-electron chi connectivity index (χ0n) is 15.5. The maximum atomic E-state index is 13.1. The third-order valence-corrected chi connectivity index (χ3v) is 4.32. The second kappa shape index (κ2) is 7.78. The van der Waals surface area contributed by atoms with Gasteiger partial charge in [0.05, 0.1) is 10.6 Å². The lowest BCUT2D eigenvalue weighted by molar-refractivity contribution is 0.0452. The summed E-state index contributed by atoms with van der Waals surface area (Å²) in [6.07, 6.45) is 0. The second-order valence-electron chi connectivity index (χ2n) is 7.23. The standard InChI is InChI=1S/C20H22Cl2N2O2/c1-12-6-7-14(10-13(12)2)18(25)24(23-20(3,4)5)19(26)16-9-8-15(21)11-17(16)22/h6-11,23H,1-5H3. The Balaban J connectivity index is 2.46. The Morgan fingerprint density at radius 1 is 0.923 bits per heavy atom. The zero-order valence-corrected chi connectivity index (χ0v) is 17.0. The number of rotatable bonds is 3. The summed E-state index contributed by atoms with van der Waals surface area (Å²) in [5.41, 5.74) is 5.13. The van der Waals surface area contributed by atoms with Crippen molar-refractivity contribution < 1.29 is 9.59 Å². The van der Waals surface area contributed by atoms with E-state index in [2.05, 4.69) is 5.43 Å². The first kappa shape index (κ1) is 20.4. The van der Waals surface area contributed by atoms with Crippen LogP contribution in [0.15, 0.2) is 36.4 Å². The highest BCUT2D eigenvalue weighted by Gasteiger charge is 2.29. The lowest BCUT2D eigenvalue weighted by Crippen LogP contribution is -2.54. The first-order valence-corrected chi connectivity index (χ1v) is 8.94. The number of hydrogen-bond acceptors (Lipinski definition) is 3. The van der Waals surface area contributed by atoms with Crippen LogP contribution in [-0.4, -0.2) is 22.4 Å². The largest absolute Gasteiger partial charge is 0.276 e. The summed E-state index contributed by atoms with van der Waals surface area (Å²) in [4.78, 5) is 26.1. The van der Waals surface area contributed by atoms with E-state index in [9.17, 15) is 9.59 Å². The lowest BCUT2D eigenvalue weighted by atomic mass is 10.1. The van der Waals surface area contributed by atoms with Gasteiger partial charge >= 0.3 is 0 Å². The van der Waals surface area contributed by atoms with Crippen LogP contribution in [0.5, 0.6) is 0 Å². The summed E-state index contributed by atoms with van der Waals surface area (Å²) in [5.74, 6) is -0.983. The number of carbonyl (C=O) groups is 2. The van der Waals surface area contributed by atoms with Gasteiger partial charge in [0.1, 0.15) is 0 Å². The van der Waals surface area contributed by atoms with Crippen molar-refractivity contribution in [2.45, 2.75) is 40.2 Å². The Kier molecular flexibility index (Phi) is 6.12. The first-order valence-electron chi connectivity index (χ1n) is 8.18. The predicted molar refractivity (Wildman–Crippen MR) is 106 cm³/mol. The Morgan fingerprint density at radius 3 is 2.12 bits per heavy atom. The van der Waals surface area contributed by atoms with Crippen LogP contribution in [0, 0.1) is 13.8 Å². The molecule has 0 saturated heterocycles. The van der Waals surface area contributed by atoms with Crippen molar-refractivity contribution in [3.63, 3.8) is 0 Å². The molecular formula is C20H22Cl2N2O2. The molecule has 6 heteroatoms. The SMILES string of the molecule is Cc1ccc(C(=O)N(NC(C)(C)C)C(=O)c2ccc(Cl)cc2Cl)cc1C. The maximum Gasteiger partial charge on any atom is 0.276 e. The number of benzene rings is 2. The topological polar surface area (TPSA) is 49.4 Å². The molecule has 2 aromatic rings. The van der Waals surface area contributed by atoms with E-state index in [1.54, 1.807) is 18.2 Å². The quantitative estimate of drug-likeness (QED) is 0.576. The first-order chi connectivity index (χ1) is 12.0. The molecule has 0 aliphatic rings. The van der Waals surface area contributed by atoms with Crippen molar-refractivity contribution in [3.05, 3.63) is 68.7 Å². The van der Waals surface area contributed by atoms with Crippen molar-refractivity contribution >= 4 is 35.0 Å². The van der Waals surface area contributed by atoms with Crippen LogP contribution in [0.4, 0.5) is 0 Å². The van der Waals surface area contributed by atoms with Gasteiger partial charge in [-0.15, -0.1) is 0 Å². The van der Waals surface area contributed by atoms with Crippen molar-refractivity contribution in [1.29, 1.82) is 0 Å². The summed E-state index contributed by atoms with van der Waals surface area (Å²) in [6, 6.07) is 9.89. The smallest absolute Gasteiger partial charge is 0.267 e. The summed E-state index contributed by atoms with van der Waals surface area (Å²) >= 11 is 12.1. The third-order valence-electron chi connectivity index (χ3n) is 3.77. The van der Waals surface area contributed by atoms with Gasteiger partial charge in [-0.05, 0) is 76.1 Å². The molecule has 0 fully saturated rings. The van der Waals surface area contributed by atoms with Gasteiger partial charge in [-0.25, -0.2) is 10.4 Å². The van der Waals surface area contributed by atoms with Crippen molar-refractivity contribution in [2.75, 3.05) is 0 Å². The highest BCUT2D eigenvalue weighted by molar-refractivity contribution is 6.37. The molecule has 2 aromatic carbocycles. The molecule has 0 atom stereocenters. The van der Waals surface area contributed by atoms with E-state index in [0.29, 0.717) is 10.6 Å². The molecule has 0 radical (unpaired) electrons. The molecule has 2 amide bonds. The van der Waals surface area contributed by atoms with E-state index in [4.69, 9.17) is 23.2 Å². The fraction of sp³-hybridized carbons (Fsp3) is 0.300. The van der Waals surface area contributed by atoms with Crippen LogP contribution < -0.4 is 5.43 Å². The number of imide groups is 1. The molecule has 0 aliphatic heterocycles. The Bertz CT molecular complexity index is 857. The summed E-state index contributed by atoms with van der Waals surface area (Å²) in [5, 5.41) is 1.62. The van der Waals surface area contributed by atoms with E-state index in [1.807, 2.05) is 40.7 Å². The second-order valence-corrected chi connectivity index (χ2v) is 8.07. The molecule has 0 heterocycles. The van der Waals surface area contributed by atoms with Crippen LogP contribution in [-0.2, 0) is 0 Å². The van der Waals surface area contributed by atoms with E-state index in [0.717, 1.165) is 16.1 Å². The van der Waals surface area contributed by atoms with E-state index in [1.165, 1.54) is 12.1 Å². The van der Waals surface area contributed by atoms with Gasteiger partial charge in [-0.1, -0.05) is 29.3 Å².